The van der Waals surface area contributed by atoms with Gasteiger partial charge in [-0.25, -0.2) is 8.42 Å². The van der Waals surface area contributed by atoms with Crippen molar-refractivity contribution in [2.45, 2.75) is 31.6 Å². The molecule has 1 fully saturated rings. The number of halogens is 1. The summed E-state index contributed by atoms with van der Waals surface area (Å²) in [4.78, 5) is 14.8. The molecule has 1 saturated heterocycles. The molecule has 0 aliphatic carbocycles. The van der Waals surface area contributed by atoms with Crippen LogP contribution in [0.4, 0.5) is 5.69 Å². The Hall–Kier alpha value is -2.25. The molecular formula is C22H27ClN2O4S. The van der Waals surface area contributed by atoms with Crippen molar-refractivity contribution in [2.75, 3.05) is 31.0 Å². The number of methoxy groups -OCH3 is 1. The van der Waals surface area contributed by atoms with Crippen LogP contribution in [-0.4, -0.2) is 46.0 Å². The van der Waals surface area contributed by atoms with Gasteiger partial charge < -0.3 is 9.64 Å². The van der Waals surface area contributed by atoms with Crippen LogP contribution >= 0.6 is 11.6 Å². The lowest BCUT2D eigenvalue weighted by atomic mass is 9.99. The Morgan fingerprint density at radius 2 is 1.80 bits per heavy atom. The molecule has 2 aromatic carbocycles. The maximum absolute atomic E-state index is 13.7. The van der Waals surface area contributed by atoms with E-state index in [2.05, 4.69) is 6.92 Å². The summed E-state index contributed by atoms with van der Waals surface area (Å²) in [6.45, 7) is 4.97. The second-order valence-corrected chi connectivity index (χ2v) is 9.97. The molecule has 0 spiro atoms. The van der Waals surface area contributed by atoms with Gasteiger partial charge in [0.25, 0.3) is 10.0 Å². The average molecular weight is 451 g/mol. The van der Waals surface area contributed by atoms with E-state index >= 15 is 0 Å². The Morgan fingerprint density at radius 1 is 1.17 bits per heavy atom. The number of sulfonamides is 1. The number of amides is 1. The highest BCUT2D eigenvalue weighted by molar-refractivity contribution is 7.93. The molecule has 0 saturated carbocycles. The summed E-state index contributed by atoms with van der Waals surface area (Å²) in [5.41, 5.74) is 1.16. The van der Waals surface area contributed by atoms with Gasteiger partial charge in [-0.05, 0) is 67.6 Å². The fraction of sp³-hybridized carbons (Fsp3) is 0.409. The van der Waals surface area contributed by atoms with E-state index in [1.54, 1.807) is 47.4 Å². The minimum atomic E-state index is -4.06. The maximum atomic E-state index is 13.7. The van der Waals surface area contributed by atoms with Crippen molar-refractivity contribution in [3.8, 4) is 5.75 Å². The Balaban J connectivity index is 2.00. The molecule has 2 aromatic rings. The van der Waals surface area contributed by atoms with E-state index in [0.29, 0.717) is 29.7 Å². The van der Waals surface area contributed by atoms with E-state index in [1.165, 1.54) is 7.11 Å². The SMILES string of the molecule is COc1ccc(C)cc1S(=O)(=O)N(CC(=O)N1CCC(C)CC1)c1ccc(Cl)cc1. The normalized spacial score (nSPS) is 15.1. The molecule has 0 atom stereocenters. The van der Waals surface area contributed by atoms with Gasteiger partial charge in [-0.15, -0.1) is 0 Å². The molecule has 3 rings (SSSR count). The van der Waals surface area contributed by atoms with Crippen LogP contribution in [-0.2, 0) is 14.8 Å². The first-order chi connectivity index (χ1) is 14.2. The first-order valence-corrected chi connectivity index (χ1v) is 11.7. The third kappa shape index (κ3) is 4.90. The zero-order valence-electron chi connectivity index (χ0n) is 17.5. The monoisotopic (exact) mass is 450 g/mol. The lowest BCUT2D eigenvalue weighted by Gasteiger charge is -2.33. The summed E-state index contributed by atoms with van der Waals surface area (Å²) < 4.78 is 33.8. The Morgan fingerprint density at radius 3 is 2.40 bits per heavy atom. The van der Waals surface area contributed by atoms with Crippen LogP contribution in [0.5, 0.6) is 5.75 Å². The van der Waals surface area contributed by atoms with E-state index in [-0.39, 0.29) is 23.1 Å². The third-order valence-corrected chi connectivity index (χ3v) is 7.46. The highest BCUT2D eigenvalue weighted by Gasteiger charge is 2.32. The van der Waals surface area contributed by atoms with Crippen LogP contribution in [0.25, 0.3) is 0 Å². The first kappa shape index (κ1) is 22.4. The number of carbonyl (C=O) groups excluding carboxylic acids is 1. The van der Waals surface area contributed by atoms with E-state index in [1.807, 2.05) is 6.92 Å². The quantitative estimate of drug-likeness (QED) is 0.664. The van der Waals surface area contributed by atoms with Gasteiger partial charge in [0.05, 0.1) is 12.8 Å². The summed E-state index contributed by atoms with van der Waals surface area (Å²) in [6.07, 6.45) is 1.84. The lowest BCUT2D eigenvalue weighted by Crippen LogP contribution is -2.45. The predicted octanol–water partition coefficient (Wildman–Crippen LogP) is 4.11. The smallest absolute Gasteiger partial charge is 0.268 e. The van der Waals surface area contributed by atoms with Crippen LogP contribution in [0.1, 0.15) is 25.3 Å². The molecule has 0 unspecified atom stereocenters. The highest BCUT2D eigenvalue weighted by atomic mass is 35.5. The van der Waals surface area contributed by atoms with Crippen molar-refractivity contribution in [1.82, 2.24) is 4.90 Å². The van der Waals surface area contributed by atoms with Crippen LogP contribution in [0.3, 0.4) is 0 Å². The third-order valence-electron chi connectivity index (χ3n) is 5.42. The maximum Gasteiger partial charge on any atom is 0.268 e. The summed E-state index contributed by atoms with van der Waals surface area (Å²) in [5, 5.41) is 0.487. The van der Waals surface area contributed by atoms with Crippen LogP contribution in [0, 0.1) is 12.8 Å². The molecule has 162 valence electrons. The number of hydrogen-bond acceptors (Lipinski definition) is 4. The number of aryl methyl sites for hydroxylation is 1. The molecule has 1 aliphatic rings. The van der Waals surface area contributed by atoms with Crippen molar-refractivity contribution in [3.05, 3.63) is 53.1 Å². The summed E-state index contributed by atoms with van der Waals surface area (Å²) in [6, 6.07) is 11.4. The number of rotatable bonds is 6. The van der Waals surface area contributed by atoms with Gasteiger partial charge in [0, 0.05) is 18.1 Å². The number of hydrogen-bond donors (Lipinski definition) is 0. The molecular weight excluding hydrogens is 424 g/mol. The number of benzene rings is 2. The molecule has 6 nitrogen and oxygen atoms in total. The number of likely N-dealkylation sites (tertiary alicyclic amines) is 1. The fourth-order valence-electron chi connectivity index (χ4n) is 3.51. The summed E-state index contributed by atoms with van der Waals surface area (Å²) >= 11 is 5.99. The number of anilines is 1. The average Bonchev–Trinajstić information content (AvgIpc) is 2.73. The Bertz CT molecular complexity index is 1000. The van der Waals surface area contributed by atoms with E-state index < -0.39 is 10.0 Å². The van der Waals surface area contributed by atoms with Crippen molar-refractivity contribution in [2.24, 2.45) is 5.92 Å². The van der Waals surface area contributed by atoms with Crippen LogP contribution in [0.2, 0.25) is 5.02 Å². The number of nitrogens with zero attached hydrogens (tertiary/aromatic N) is 2. The topological polar surface area (TPSA) is 66.9 Å². The highest BCUT2D eigenvalue weighted by Crippen LogP contribution is 2.31. The van der Waals surface area contributed by atoms with Crippen LogP contribution in [0.15, 0.2) is 47.4 Å². The van der Waals surface area contributed by atoms with Gasteiger partial charge in [0.2, 0.25) is 5.91 Å². The van der Waals surface area contributed by atoms with Gasteiger partial charge >= 0.3 is 0 Å². The molecule has 0 aromatic heterocycles. The molecule has 1 aliphatic heterocycles. The largest absolute Gasteiger partial charge is 0.495 e. The predicted molar refractivity (Wildman–Crippen MR) is 119 cm³/mol. The van der Waals surface area contributed by atoms with Gasteiger partial charge in [-0.1, -0.05) is 24.6 Å². The van der Waals surface area contributed by atoms with E-state index in [4.69, 9.17) is 16.3 Å². The van der Waals surface area contributed by atoms with Gasteiger partial charge in [0.15, 0.2) is 0 Å². The Kier molecular flexibility index (Phi) is 6.93. The van der Waals surface area contributed by atoms with E-state index in [9.17, 15) is 13.2 Å². The molecule has 8 heteroatoms. The minimum Gasteiger partial charge on any atom is -0.495 e. The molecule has 30 heavy (non-hydrogen) atoms. The first-order valence-electron chi connectivity index (χ1n) is 9.93. The second-order valence-electron chi connectivity index (χ2n) is 7.71. The van der Waals surface area contributed by atoms with Crippen molar-refractivity contribution >= 4 is 33.2 Å². The lowest BCUT2D eigenvalue weighted by molar-refractivity contribution is -0.130. The zero-order valence-corrected chi connectivity index (χ0v) is 19.0. The van der Waals surface area contributed by atoms with Crippen molar-refractivity contribution in [1.29, 1.82) is 0 Å². The molecule has 0 N–H and O–H groups in total. The van der Waals surface area contributed by atoms with Crippen molar-refractivity contribution < 1.29 is 17.9 Å². The van der Waals surface area contributed by atoms with Gasteiger partial charge in [0.1, 0.15) is 17.2 Å². The molecule has 0 radical (unpaired) electrons. The molecule has 1 heterocycles. The van der Waals surface area contributed by atoms with Crippen LogP contribution < -0.4 is 9.04 Å². The Labute approximate surface area is 183 Å². The number of ether oxygens (including phenoxy) is 1. The zero-order chi connectivity index (χ0) is 21.9. The van der Waals surface area contributed by atoms with Crippen molar-refractivity contribution in [3.63, 3.8) is 0 Å². The molecule has 1 amide bonds. The van der Waals surface area contributed by atoms with Gasteiger partial charge in [-0.3, -0.25) is 9.10 Å². The second kappa shape index (κ2) is 9.27. The summed E-state index contributed by atoms with van der Waals surface area (Å²) in [7, 11) is -2.63. The summed E-state index contributed by atoms with van der Waals surface area (Å²) in [5.74, 6) is 0.590. The standard InChI is InChI=1S/C22H27ClN2O4S/c1-16-10-12-24(13-11-16)22(26)15-25(19-7-5-18(23)6-8-19)30(27,28)21-14-17(2)4-9-20(21)29-3/h4-9,14,16H,10-13,15H2,1-3H3. The molecule has 0 bridgehead atoms. The number of piperidine rings is 1. The minimum absolute atomic E-state index is 0.0278. The van der Waals surface area contributed by atoms with E-state index in [0.717, 1.165) is 22.7 Å². The fourth-order valence-corrected chi connectivity index (χ4v) is 5.29. The number of carbonyl (C=O) groups is 1. The van der Waals surface area contributed by atoms with Gasteiger partial charge in [-0.2, -0.15) is 0 Å².